The molecule has 156 valence electrons. The van der Waals surface area contributed by atoms with Gasteiger partial charge in [0, 0.05) is 30.1 Å². The third kappa shape index (κ3) is 3.92. The lowest BCUT2D eigenvalue weighted by molar-refractivity contribution is 0.0951. The SMILES string of the molecule is CCNC(=O)c1ccc(-c2ccc3oc(-c4ccc(F)cc4)c(C(=O)NC)c3c2)cc1. The molecular formula is C25H21FN2O3. The summed E-state index contributed by atoms with van der Waals surface area (Å²) in [5.41, 5.74) is 3.93. The standard InChI is InChI=1S/C25H21FN2O3/c1-3-28-24(29)17-6-4-15(5-7-17)18-10-13-21-20(14-18)22(25(30)27-2)23(31-21)16-8-11-19(26)12-9-16/h4-14H,3H2,1-2H3,(H,27,30)(H,28,29). The van der Waals surface area contributed by atoms with Gasteiger partial charge in [-0.2, -0.15) is 0 Å². The summed E-state index contributed by atoms with van der Waals surface area (Å²) in [4.78, 5) is 24.7. The van der Waals surface area contributed by atoms with E-state index in [1.807, 2.05) is 37.3 Å². The van der Waals surface area contributed by atoms with Gasteiger partial charge in [-0.1, -0.05) is 18.2 Å². The van der Waals surface area contributed by atoms with Crippen molar-refractivity contribution in [3.8, 4) is 22.5 Å². The number of benzene rings is 3. The first-order valence-electron chi connectivity index (χ1n) is 9.95. The lowest BCUT2D eigenvalue weighted by atomic mass is 9.99. The fraction of sp³-hybridized carbons (Fsp3) is 0.120. The van der Waals surface area contributed by atoms with Crippen LogP contribution in [-0.4, -0.2) is 25.4 Å². The normalized spacial score (nSPS) is 10.8. The molecule has 2 N–H and O–H groups in total. The van der Waals surface area contributed by atoms with Crippen LogP contribution in [0.5, 0.6) is 0 Å². The van der Waals surface area contributed by atoms with Crippen LogP contribution >= 0.6 is 0 Å². The minimum atomic E-state index is -0.361. The van der Waals surface area contributed by atoms with E-state index >= 15 is 0 Å². The van der Waals surface area contributed by atoms with Crippen molar-refractivity contribution in [2.45, 2.75) is 6.92 Å². The van der Waals surface area contributed by atoms with Crippen molar-refractivity contribution in [2.24, 2.45) is 0 Å². The zero-order valence-electron chi connectivity index (χ0n) is 17.2. The molecule has 0 unspecified atom stereocenters. The third-order valence-corrected chi connectivity index (χ3v) is 5.07. The smallest absolute Gasteiger partial charge is 0.255 e. The molecule has 0 saturated carbocycles. The summed E-state index contributed by atoms with van der Waals surface area (Å²) in [5.74, 6) is -0.384. The number of halogens is 1. The molecule has 0 bridgehead atoms. The Morgan fingerprint density at radius 2 is 1.52 bits per heavy atom. The molecule has 0 fully saturated rings. The minimum Gasteiger partial charge on any atom is -0.455 e. The fourth-order valence-electron chi connectivity index (χ4n) is 3.51. The summed E-state index contributed by atoms with van der Waals surface area (Å²) < 4.78 is 19.3. The van der Waals surface area contributed by atoms with E-state index in [-0.39, 0.29) is 17.6 Å². The summed E-state index contributed by atoms with van der Waals surface area (Å²) in [5, 5.41) is 6.09. The van der Waals surface area contributed by atoms with Gasteiger partial charge in [0.25, 0.3) is 11.8 Å². The van der Waals surface area contributed by atoms with Crippen molar-refractivity contribution in [3.63, 3.8) is 0 Å². The molecule has 3 aromatic carbocycles. The predicted molar refractivity (Wildman–Crippen MR) is 118 cm³/mol. The first-order valence-corrected chi connectivity index (χ1v) is 9.95. The average molecular weight is 416 g/mol. The highest BCUT2D eigenvalue weighted by Gasteiger charge is 2.22. The van der Waals surface area contributed by atoms with Crippen molar-refractivity contribution >= 4 is 22.8 Å². The number of carbonyl (C=O) groups excluding carboxylic acids is 2. The van der Waals surface area contributed by atoms with Crippen molar-refractivity contribution in [2.75, 3.05) is 13.6 Å². The zero-order chi connectivity index (χ0) is 22.0. The molecule has 4 aromatic rings. The molecule has 0 aliphatic rings. The quantitative estimate of drug-likeness (QED) is 0.480. The number of rotatable bonds is 5. The number of hydrogen-bond acceptors (Lipinski definition) is 3. The predicted octanol–water partition coefficient (Wildman–Crippen LogP) is 5.02. The molecule has 31 heavy (non-hydrogen) atoms. The number of amides is 2. The van der Waals surface area contributed by atoms with Gasteiger partial charge in [-0.15, -0.1) is 0 Å². The zero-order valence-corrected chi connectivity index (χ0v) is 17.2. The van der Waals surface area contributed by atoms with E-state index < -0.39 is 0 Å². The van der Waals surface area contributed by atoms with Gasteiger partial charge in [0.2, 0.25) is 0 Å². The van der Waals surface area contributed by atoms with Crippen LogP contribution in [0.3, 0.4) is 0 Å². The van der Waals surface area contributed by atoms with E-state index in [1.54, 1.807) is 31.3 Å². The highest BCUT2D eigenvalue weighted by molar-refractivity contribution is 6.11. The highest BCUT2D eigenvalue weighted by atomic mass is 19.1. The number of carbonyl (C=O) groups is 2. The first kappa shape index (κ1) is 20.3. The van der Waals surface area contributed by atoms with Crippen LogP contribution in [0.1, 0.15) is 27.6 Å². The van der Waals surface area contributed by atoms with E-state index in [1.165, 1.54) is 12.1 Å². The number of nitrogens with one attached hydrogen (secondary N) is 2. The summed E-state index contributed by atoms with van der Waals surface area (Å²) in [6.45, 7) is 2.44. The van der Waals surface area contributed by atoms with Crippen LogP contribution < -0.4 is 10.6 Å². The molecule has 0 aliphatic carbocycles. The second-order valence-corrected chi connectivity index (χ2v) is 7.04. The van der Waals surface area contributed by atoms with Crippen LogP contribution in [0.2, 0.25) is 0 Å². The van der Waals surface area contributed by atoms with Gasteiger partial charge < -0.3 is 15.1 Å². The molecule has 1 aromatic heterocycles. The molecule has 0 saturated heterocycles. The Hall–Kier alpha value is -3.93. The Kier molecular flexibility index (Phi) is 5.54. The minimum absolute atomic E-state index is 0.120. The average Bonchev–Trinajstić information content (AvgIpc) is 3.18. The van der Waals surface area contributed by atoms with Gasteiger partial charge in [0.05, 0.1) is 5.56 Å². The molecule has 0 spiro atoms. The van der Waals surface area contributed by atoms with Gasteiger partial charge in [0.15, 0.2) is 0 Å². The molecule has 1 heterocycles. The first-order chi connectivity index (χ1) is 15.0. The van der Waals surface area contributed by atoms with E-state index in [4.69, 9.17) is 4.42 Å². The molecule has 0 aliphatic heterocycles. The Balaban J connectivity index is 1.80. The molecular weight excluding hydrogens is 395 g/mol. The van der Waals surface area contributed by atoms with E-state index in [0.29, 0.717) is 40.0 Å². The summed E-state index contributed by atoms with van der Waals surface area (Å²) in [7, 11) is 1.56. The molecule has 4 rings (SSSR count). The molecule has 0 radical (unpaired) electrons. The Labute approximate surface area is 178 Å². The number of furan rings is 1. The Morgan fingerprint density at radius 1 is 0.871 bits per heavy atom. The van der Waals surface area contributed by atoms with Crippen molar-refractivity contribution < 1.29 is 18.4 Å². The lowest BCUT2D eigenvalue weighted by Gasteiger charge is -2.06. The van der Waals surface area contributed by atoms with Gasteiger partial charge in [-0.3, -0.25) is 9.59 Å². The molecule has 6 heteroatoms. The van der Waals surface area contributed by atoms with Crippen LogP contribution in [-0.2, 0) is 0 Å². The molecule has 0 atom stereocenters. The highest BCUT2D eigenvalue weighted by Crippen LogP contribution is 2.36. The van der Waals surface area contributed by atoms with Crippen molar-refractivity contribution in [1.29, 1.82) is 0 Å². The maximum absolute atomic E-state index is 13.4. The van der Waals surface area contributed by atoms with Crippen molar-refractivity contribution in [3.05, 3.63) is 83.7 Å². The van der Waals surface area contributed by atoms with Crippen LogP contribution in [0.4, 0.5) is 4.39 Å². The van der Waals surface area contributed by atoms with E-state index in [0.717, 1.165) is 11.1 Å². The summed E-state index contributed by atoms with van der Waals surface area (Å²) in [6.07, 6.45) is 0. The second-order valence-electron chi connectivity index (χ2n) is 7.04. The maximum atomic E-state index is 13.4. The van der Waals surface area contributed by atoms with Gasteiger partial charge in [-0.05, 0) is 66.6 Å². The lowest BCUT2D eigenvalue weighted by Crippen LogP contribution is -2.22. The Bertz CT molecular complexity index is 1260. The van der Waals surface area contributed by atoms with Crippen LogP contribution in [0.25, 0.3) is 33.4 Å². The van der Waals surface area contributed by atoms with E-state index in [9.17, 15) is 14.0 Å². The van der Waals surface area contributed by atoms with Crippen LogP contribution in [0, 0.1) is 5.82 Å². The van der Waals surface area contributed by atoms with Gasteiger partial charge in [-0.25, -0.2) is 4.39 Å². The topological polar surface area (TPSA) is 71.3 Å². The van der Waals surface area contributed by atoms with Gasteiger partial charge in [0.1, 0.15) is 17.2 Å². The third-order valence-electron chi connectivity index (χ3n) is 5.07. The fourth-order valence-corrected chi connectivity index (χ4v) is 3.51. The van der Waals surface area contributed by atoms with Gasteiger partial charge >= 0.3 is 0 Å². The molecule has 2 amide bonds. The van der Waals surface area contributed by atoms with Crippen molar-refractivity contribution in [1.82, 2.24) is 10.6 Å². The van der Waals surface area contributed by atoms with Crippen LogP contribution in [0.15, 0.2) is 71.1 Å². The monoisotopic (exact) mass is 416 g/mol. The number of hydrogen-bond donors (Lipinski definition) is 2. The molecule has 5 nitrogen and oxygen atoms in total. The second kappa shape index (κ2) is 8.44. The van der Waals surface area contributed by atoms with E-state index in [2.05, 4.69) is 10.6 Å². The Morgan fingerprint density at radius 3 is 2.16 bits per heavy atom. The maximum Gasteiger partial charge on any atom is 0.255 e. The largest absolute Gasteiger partial charge is 0.455 e. The summed E-state index contributed by atoms with van der Waals surface area (Å²) >= 11 is 0. The summed E-state index contributed by atoms with van der Waals surface area (Å²) in [6, 6.07) is 18.7. The number of fused-ring (bicyclic) bond motifs is 1.